The van der Waals surface area contributed by atoms with E-state index in [0.717, 1.165) is 37.8 Å². The zero-order valence-electron chi connectivity index (χ0n) is 12.5. The molecular weight excluding hydrogens is 250 g/mol. The molecule has 108 valence electrons. The molecule has 0 amide bonds. The highest BCUT2D eigenvalue weighted by Gasteiger charge is 2.11. The summed E-state index contributed by atoms with van der Waals surface area (Å²) in [6.07, 6.45) is 3.67. The molecule has 1 N–H and O–H groups in total. The first kappa shape index (κ1) is 14.6. The van der Waals surface area contributed by atoms with Gasteiger partial charge in [0.05, 0.1) is 12.8 Å². The fourth-order valence-corrected chi connectivity index (χ4v) is 2.25. The first-order valence-electron chi connectivity index (χ1n) is 7.18. The summed E-state index contributed by atoms with van der Waals surface area (Å²) in [6, 6.07) is 6.12. The third-order valence-corrected chi connectivity index (χ3v) is 3.29. The average molecular weight is 273 g/mol. The summed E-state index contributed by atoms with van der Waals surface area (Å²) in [5, 5.41) is 3.32. The van der Waals surface area contributed by atoms with Crippen molar-refractivity contribution in [3.63, 3.8) is 0 Å². The second kappa shape index (κ2) is 7.10. The maximum atomic E-state index is 5.42. The number of furan rings is 1. The highest BCUT2D eigenvalue weighted by atomic mass is 16.3. The maximum Gasteiger partial charge on any atom is 0.131 e. The van der Waals surface area contributed by atoms with Gasteiger partial charge < -0.3 is 14.6 Å². The number of nitrogens with zero attached hydrogens (tertiary/aromatic N) is 2. The molecule has 0 aromatic carbocycles. The Balaban J connectivity index is 2.13. The number of pyridine rings is 1. The molecule has 0 fully saturated rings. The Morgan fingerprint density at radius 1 is 1.35 bits per heavy atom. The Kier molecular flexibility index (Phi) is 5.18. The molecule has 0 saturated heterocycles. The Bertz CT molecular complexity index is 523. The minimum absolute atomic E-state index is 0.754. The number of rotatable bonds is 7. The van der Waals surface area contributed by atoms with E-state index in [0.29, 0.717) is 0 Å². The van der Waals surface area contributed by atoms with Crippen molar-refractivity contribution in [3.8, 4) is 0 Å². The molecule has 2 aromatic rings. The number of anilines is 1. The summed E-state index contributed by atoms with van der Waals surface area (Å²) in [4.78, 5) is 6.85. The summed E-state index contributed by atoms with van der Waals surface area (Å²) < 4.78 is 5.42. The van der Waals surface area contributed by atoms with Gasteiger partial charge in [-0.15, -0.1) is 0 Å². The van der Waals surface area contributed by atoms with Gasteiger partial charge in [0.1, 0.15) is 11.6 Å². The van der Waals surface area contributed by atoms with E-state index in [9.17, 15) is 0 Å². The van der Waals surface area contributed by atoms with Crippen LogP contribution < -0.4 is 10.2 Å². The Morgan fingerprint density at radius 3 is 2.80 bits per heavy atom. The number of hydrogen-bond donors (Lipinski definition) is 1. The topological polar surface area (TPSA) is 41.3 Å². The van der Waals surface area contributed by atoms with Crippen LogP contribution in [0.5, 0.6) is 0 Å². The van der Waals surface area contributed by atoms with Crippen LogP contribution in [0, 0.1) is 6.92 Å². The zero-order chi connectivity index (χ0) is 14.4. The molecule has 20 heavy (non-hydrogen) atoms. The van der Waals surface area contributed by atoms with Gasteiger partial charge in [-0.2, -0.15) is 0 Å². The first-order chi connectivity index (χ1) is 9.74. The third-order valence-electron chi connectivity index (χ3n) is 3.29. The summed E-state index contributed by atoms with van der Waals surface area (Å²) >= 11 is 0. The van der Waals surface area contributed by atoms with E-state index in [-0.39, 0.29) is 0 Å². The minimum Gasteiger partial charge on any atom is -0.467 e. The second-order valence-corrected chi connectivity index (χ2v) is 4.86. The quantitative estimate of drug-likeness (QED) is 0.841. The summed E-state index contributed by atoms with van der Waals surface area (Å²) in [6.45, 7) is 9.86. The number of aryl methyl sites for hydroxylation is 1. The number of hydrogen-bond acceptors (Lipinski definition) is 4. The van der Waals surface area contributed by atoms with E-state index in [1.165, 1.54) is 11.1 Å². The lowest BCUT2D eigenvalue weighted by Gasteiger charge is -2.23. The number of aromatic nitrogens is 1. The molecule has 2 aromatic heterocycles. The van der Waals surface area contributed by atoms with Crippen LogP contribution in [0.4, 0.5) is 5.82 Å². The van der Waals surface area contributed by atoms with Crippen molar-refractivity contribution in [1.29, 1.82) is 0 Å². The van der Waals surface area contributed by atoms with Crippen LogP contribution in [0.15, 0.2) is 35.1 Å². The molecule has 0 aliphatic carbocycles. The lowest BCUT2D eigenvalue weighted by Crippen LogP contribution is -2.24. The van der Waals surface area contributed by atoms with Gasteiger partial charge in [0.2, 0.25) is 0 Å². The lowest BCUT2D eigenvalue weighted by atomic mass is 10.2. The van der Waals surface area contributed by atoms with Gasteiger partial charge in [0, 0.05) is 19.3 Å². The van der Waals surface area contributed by atoms with E-state index in [1.807, 2.05) is 18.3 Å². The van der Waals surface area contributed by atoms with Gasteiger partial charge in [-0.25, -0.2) is 4.98 Å². The smallest absolute Gasteiger partial charge is 0.131 e. The minimum atomic E-state index is 0.754. The van der Waals surface area contributed by atoms with Crippen LogP contribution >= 0.6 is 0 Å². The van der Waals surface area contributed by atoms with Crippen LogP contribution in [-0.4, -0.2) is 18.1 Å². The summed E-state index contributed by atoms with van der Waals surface area (Å²) in [7, 11) is 0. The normalized spacial score (nSPS) is 10.8. The molecular formula is C16H23N3O. The van der Waals surface area contributed by atoms with E-state index < -0.39 is 0 Å². The Morgan fingerprint density at radius 2 is 2.20 bits per heavy atom. The maximum absolute atomic E-state index is 5.42. The largest absolute Gasteiger partial charge is 0.467 e. The standard InChI is InChI=1S/C16H23N3O/c1-4-17-10-14-9-13(3)16(18-11-14)19(5-2)12-15-7-6-8-20-15/h6-9,11,17H,4-5,10,12H2,1-3H3. The van der Waals surface area contributed by atoms with Crippen molar-refractivity contribution in [3.05, 3.63) is 47.5 Å². The predicted octanol–water partition coefficient (Wildman–Crippen LogP) is 3.12. The van der Waals surface area contributed by atoms with E-state index in [2.05, 4.69) is 42.0 Å². The second-order valence-electron chi connectivity index (χ2n) is 4.86. The monoisotopic (exact) mass is 273 g/mol. The molecule has 0 bridgehead atoms. The Hall–Kier alpha value is -1.81. The zero-order valence-corrected chi connectivity index (χ0v) is 12.5. The van der Waals surface area contributed by atoms with Crippen LogP contribution in [0.2, 0.25) is 0 Å². The van der Waals surface area contributed by atoms with Crippen LogP contribution in [0.25, 0.3) is 0 Å². The van der Waals surface area contributed by atoms with Gasteiger partial charge in [-0.05, 0) is 49.7 Å². The molecule has 4 heteroatoms. The third kappa shape index (κ3) is 3.61. The van der Waals surface area contributed by atoms with Gasteiger partial charge in [-0.1, -0.05) is 6.92 Å². The molecule has 0 aliphatic heterocycles. The summed E-state index contributed by atoms with van der Waals surface area (Å²) in [5.74, 6) is 1.99. The predicted molar refractivity (Wildman–Crippen MR) is 81.8 cm³/mol. The van der Waals surface area contributed by atoms with Gasteiger partial charge in [0.25, 0.3) is 0 Å². The van der Waals surface area contributed by atoms with Crippen molar-refractivity contribution in [1.82, 2.24) is 10.3 Å². The van der Waals surface area contributed by atoms with Crippen molar-refractivity contribution in [2.24, 2.45) is 0 Å². The average Bonchev–Trinajstić information content (AvgIpc) is 2.96. The molecule has 0 saturated carbocycles. The lowest BCUT2D eigenvalue weighted by molar-refractivity contribution is 0.502. The van der Waals surface area contributed by atoms with Crippen molar-refractivity contribution >= 4 is 5.82 Å². The molecule has 0 radical (unpaired) electrons. The molecule has 2 rings (SSSR count). The molecule has 0 unspecified atom stereocenters. The highest BCUT2D eigenvalue weighted by Crippen LogP contribution is 2.20. The Labute approximate surface area is 120 Å². The highest BCUT2D eigenvalue weighted by molar-refractivity contribution is 5.47. The summed E-state index contributed by atoms with van der Waals surface area (Å²) in [5.41, 5.74) is 2.43. The molecule has 2 heterocycles. The van der Waals surface area contributed by atoms with Crippen molar-refractivity contribution < 1.29 is 4.42 Å². The van der Waals surface area contributed by atoms with E-state index in [1.54, 1.807) is 6.26 Å². The van der Waals surface area contributed by atoms with Crippen molar-refractivity contribution in [2.45, 2.75) is 33.9 Å². The first-order valence-corrected chi connectivity index (χ1v) is 7.18. The SMILES string of the molecule is CCNCc1cnc(N(CC)Cc2ccco2)c(C)c1. The van der Waals surface area contributed by atoms with Crippen LogP contribution in [0.3, 0.4) is 0 Å². The van der Waals surface area contributed by atoms with Crippen LogP contribution in [0.1, 0.15) is 30.7 Å². The fraction of sp³-hybridized carbons (Fsp3) is 0.438. The van der Waals surface area contributed by atoms with Gasteiger partial charge in [-0.3, -0.25) is 0 Å². The van der Waals surface area contributed by atoms with Gasteiger partial charge in [0.15, 0.2) is 0 Å². The van der Waals surface area contributed by atoms with E-state index >= 15 is 0 Å². The fourth-order valence-electron chi connectivity index (χ4n) is 2.25. The van der Waals surface area contributed by atoms with Gasteiger partial charge >= 0.3 is 0 Å². The molecule has 0 aliphatic rings. The molecule has 4 nitrogen and oxygen atoms in total. The molecule has 0 spiro atoms. The van der Waals surface area contributed by atoms with E-state index in [4.69, 9.17) is 4.42 Å². The van der Waals surface area contributed by atoms with Crippen molar-refractivity contribution in [2.75, 3.05) is 18.0 Å². The van der Waals surface area contributed by atoms with Crippen LogP contribution in [-0.2, 0) is 13.1 Å². The number of nitrogens with one attached hydrogen (secondary N) is 1. The molecule has 0 atom stereocenters.